The first-order chi connectivity index (χ1) is 14.2. The number of rotatable bonds is 9. The fraction of sp³-hybridized carbons (Fsp3) is 0.174. The normalized spacial score (nSPS) is 10.3. The summed E-state index contributed by atoms with van der Waals surface area (Å²) in [6.45, 7) is 3.35. The first-order valence-corrected chi connectivity index (χ1v) is 10.1. The van der Waals surface area contributed by atoms with E-state index in [2.05, 4.69) is 21.2 Å². The minimum Gasteiger partial charge on any atom is -0.494 e. The number of nitrogens with one attached hydrogen (secondary N) is 1. The van der Waals surface area contributed by atoms with Gasteiger partial charge in [-0.2, -0.15) is 0 Å². The van der Waals surface area contributed by atoms with Crippen LogP contribution in [-0.2, 0) is 0 Å². The highest BCUT2D eigenvalue weighted by Crippen LogP contribution is 2.26. The average Bonchev–Trinajstić information content (AvgIpc) is 2.74. The van der Waals surface area contributed by atoms with Crippen LogP contribution in [0.25, 0.3) is 0 Å². The third kappa shape index (κ3) is 6.26. The van der Waals surface area contributed by atoms with Crippen molar-refractivity contribution in [3.05, 3.63) is 82.8 Å². The van der Waals surface area contributed by atoms with Gasteiger partial charge < -0.3 is 19.5 Å². The lowest BCUT2D eigenvalue weighted by Gasteiger charge is -2.11. The highest BCUT2D eigenvalue weighted by atomic mass is 79.9. The molecule has 0 radical (unpaired) electrons. The molecule has 0 fully saturated rings. The van der Waals surface area contributed by atoms with Gasteiger partial charge in [0.2, 0.25) is 0 Å². The molecule has 3 aromatic carbocycles. The highest BCUT2D eigenvalue weighted by molar-refractivity contribution is 9.10. The Morgan fingerprint density at radius 2 is 1.55 bits per heavy atom. The van der Waals surface area contributed by atoms with Gasteiger partial charge in [0.05, 0.1) is 11.1 Å². The molecule has 3 aromatic rings. The predicted octanol–water partition coefficient (Wildman–Crippen LogP) is 5.56. The van der Waals surface area contributed by atoms with E-state index < -0.39 is 0 Å². The molecule has 0 saturated carbocycles. The molecule has 1 N–H and O–H groups in total. The van der Waals surface area contributed by atoms with Gasteiger partial charge in [0.25, 0.3) is 5.91 Å². The highest BCUT2D eigenvalue weighted by Gasteiger charge is 2.10. The molecular weight excluding hydrogens is 434 g/mol. The van der Waals surface area contributed by atoms with Crippen molar-refractivity contribution in [2.24, 2.45) is 0 Å². The van der Waals surface area contributed by atoms with Crippen molar-refractivity contribution >= 4 is 27.5 Å². The summed E-state index contributed by atoms with van der Waals surface area (Å²) in [7, 11) is 0. The zero-order valence-corrected chi connectivity index (χ0v) is 17.6. The van der Waals surface area contributed by atoms with Crippen molar-refractivity contribution in [2.45, 2.75) is 6.92 Å². The Kier molecular flexibility index (Phi) is 7.53. The maximum Gasteiger partial charge on any atom is 0.255 e. The number of para-hydroxylation sites is 1. The SMILES string of the molecule is CCOc1ccc(NC(=O)c2ccc(OCCOc3ccccc3)c(Br)c2)cc1. The van der Waals surface area contributed by atoms with Crippen molar-refractivity contribution in [3.8, 4) is 17.2 Å². The fourth-order valence-electron chi connectivity index (χ4n) is 2.59. The monoisotopic (exact) mass is 455 g/mol. The van der Waals surface area contributed by atoms with E-state index in [1.165, 1.54) is 0 Å². The maximum atomic E-state index is 12.5. The van der Waals surface area contributed by atoms with E-state index >= 15 is 0 Å². The van der Waals surface area contributed by atoms with E-state index in [1.807, 2.05) is 61.5 Å². The van der Waals surface area contributed by atoms with Crippen LogP contribution in [0.2, 0.25) is 0 Å². The number of hydrogen-bond acceptors (Lipinski definition) is 4. The molecule has 0 aromatic heterocycles. The van der Waals surface area contributed by atoms with Gasteiger partial charge in [-0.25, -0.2) is 0 Å². The number of ether oxygens (including phenoxy) is 3. The maximum absolute atomic E-state index is 12.5. The molecule has 5 nitrogen and oxygen atoms in total. The lowest BCUT2D eigenvalue weighted by Crippen LogP contribution is -2.12. The van der Waals surface area contributed by atoms with Gasteiger partial charge in [-0.05, 0) is 77.5 Å². The molecule has 0 spiro atoms. The van der Waals surface area contributed by atoms with E-state index in [0.717, 1.165) is 11.5 Å². The smallest absolute Gasteiger partial charge is 0.255 e. The summed E-state index contributed by atoms with van der Waals surface area (Å²) in [6.07, 6.45) is 0. The number of hydrogen-bond donors (Lipinski definition) is 1. The van der Waals surface area contributed by atoms with Gasteiger partial charge in [0, 0.05) is 11.3 Å². The Morgan fingerprint density at radius 1 is 0.862 bits per heavy atom. The number of benzene rings is 3. The topological polar surface area (TPSA) is 56.8 Å². The number of halogens is 1. The summed E-state index contributed by atoms with van der Waals surface area (Å²) in [5.41, 5.74) is 1.23. The second-order valence-corrected chi connectivity index (χ2v) is 6.92. The standard InChI is InChI=1S/C23H22BrNO4/c1-2-27-20-11-9-18(10-12-20)25-23(26)17-8-13-22(21(24)16-17)29-15-14-28-19-6-4-3-5-7-19/h3-13,16H,2,14-15H2,1H3,(H,25,26). The third-order valence-electron chi connectivity index (χ3n) is 3.97. The molecule has 29 heavy (non-hydrogen) atoms. The van der Waals surface area contributed by atoms with Crippen LogP contribution < -0.4 is 19.5 Å². The summed E-state index contributed by atoms with van der Waals surface area (Å²) in [5.74, 6) is 2.02. The molecule has 0 atom stereocenters. The van der Waals surface area contributed by atoms with Crippen molar-refractivity contribution < 1.29 is 19.0 Å². The lowest BCUT2D eigenvalue weighted by atomic mass is 10.2. The van der Waals surface area contributed by atoms with Crippen LogP contribution >= 0.6 is 15.9 Å². The quantitative estimate of drug-likeness (QED) is 0.429. The van der Waals surface area contributed by atoms with E-state index in [4.69, 9.17) is 14.2 Å². The molecule has 1 amide bonds. The van der Waals surface area contributed by atoms with Gasteiger partial charge in [-0.1, -0.05) is 18.2 Å². The van der Waals surface area contributed by atoms with Crippen LogP contribution in [0.5, 0.6) is 17.2 Å². The minimum absolute atomic E-state index is 0.200. The van der Waals surface area contributed by atoms with E-state index in [-0.39, 0.29) is 5.91 Å². The number of anilines is 1. The Morgan fingerprint density at radius 3 is 2.24 bits per heavy atom. The average molecular weight is 456 g/mol. The molecule has 0 aliphatic heterocycles. The molecule has 0 aliphatic carbocycles. The molecular formula is C23H22BrNO4. The molecule has 0 heterocycles. The number of carbonyl (C=O) groups excluding carboxylic acids is 1. The summed E-state index contributed by atoms with van der Waals surface area (Å²) in [4.78, 5) is 12.5. The molecule has 0 bridgehead atoms. The van der Waals surface area contributed by atoms with Gasteiger partial charge in [-0.15, -0.1) is 0 Å². The molecule has 6 heteroatoms. The Balaban J connectivity index is 1.52. The molecule has 3 rings (SSSR count). The first kappa shape index (κ1) is 20.7. The van der Waals surface area contributed by atoms with E-state index in [1.54, 1.807) is 18.2 Å². The van der Waals surface area contributed by atoms with Crippen molar-refractivity contribution in [1.29, 1.82) is 0 Å². The summed E-state index contributed by atoms with van der Waals surface area (Å²) in [5, 5.41) is 2.87. The third-order valence-corrected chi connectivity index (χ3v) is 4.59. The Labute approximate surface area is 178 Å². The number of amides is 1. The zero-order valence-electron chi connectivity index (χ0n) is 16.1. The Bertz CT molecular complexity index is 929. The van der Waals surface area contributed by atoms with Crippen molar-refractivity contribution in [2.75, 3.05) is 25.1 Å². The second kappa shape index (κ2) is 10.5. The lowest BCUT2D eigenvalue weighted by molar-refractivity contribution is 0.102. The van der Waals surface area contributed by atoms with E-state index in [9.17, 15) is 4.79 Å². The summed E-state index contributed by atoms with van der Waals surface area (Å²) >= 11 is 3.46. The zero-order chi connectivity index (χ0) is 20.5. The fourth-order valence-corrected chi connectivity index (χ4v) is 3.08. The molecule has 0 unspecified atom stereocenters. The minimum atomic E-state index is -0.200. The predicted molar refractivity (Wildman–Crippen MR) is 117 cm³/mol. The summed E-state index contributed by atoms with van der Waals surface area (Å²) < 4.78 is 17.4. The Hall–Kier alpha value is -2.99. The molecule has 0 aliphatic rings. The van der Waals surface area contributed by atoms with Crippen LogP contribution in [0.1, 0.15) is 17.3 Å². The van der Waals surface area contributed by atoms with Crippen LogP contribution in [0.15, 0.2) is 77.3 Å². The van der Waals surface area contributed by atoms with Crippen LogP contribution in [0, 0.1) is 0 Å². The largest absolute Gasteiger partial charge is 0.494 e. The van der Waals surface area contributed by atoms with Gasteiger partial charge in [-0.3, -0.25) is 4.79 Å². The van der Waals surface area contributed by atoms with Crippen LogP contribution in [0.4, 0.5) is 5.69 Å². The second-order valence-electron chi connectivity index (χ2n) is 6.07. The summed E-state index contributed by atoms with van der Waals surface area (Å²) in [6, 6.07) is 22.1. The molecule has 0 saturated heterocycles. The van der Waals surface area contributed by atoms with Gasteiger partial charge in [0.1, 0.15) is 30.5 Å². The van der Waals surface area contributed by atoms with Gasteiger partial charge in [0.15, 0.2) is 0 Å². The van der Waals surface area contributed by atoms with Crippen molar-refractivity contribution in [1.82, 2.24) is 0 Å². The van der Waals surface area contributed by atoms with Crippen molar-refractivity contribution in [3.63, 3.8) is 0 Å². The van der Waals surface area contributed by atoms with E-state index in [0.29, 0.717) is 41.3 Å². The van der Waals surface area contributed by atoms with Crippen LogP contribution in [0.3, 0.4) is 0 Å². The van der Waals surface area contributed by atoms with Crippen LogP contribution in [-0.4, -0.2) is 25.7 Å². The number of carbonyl (C=O) groups is 1. The molecule has 150 valence electrons. The first-order valence-electron chi connectivity index (χ1n) is 9.30. The van der Waals surface area contributed by atoms with Gasteiger partial charge >= 0.3 is 0 Å².